The summed E-state index contributed by atoms with van der Waals surface area (Å²) in [4.78, 5) is 27.0. The minimum absolute atomic E-state index is 0.0917. The molecule has 0 radical (unpaired) electrons. The van der Waals surface area contributed by atoms with E-state index in [9.17, 15) is 4.79 Å². The number of rotatable bonds is 3. The molecule has 0 aromatic carbocycles. The summed E-state index contributed by atoms with van der Waals surface area (Å²) in [5.41, 5.74) is 4.63. The van der Waals surface area contributed by atoms with Crippen LogP contribution in [0.3, 0.4) is 0 Å². The van der Waals surface area contributed by atoms with E-state index in [1.54, 1.807) is 18.4 Å². The topological polar surface area (TPSA) is 79.4 Å². The SMILES string of the molecule is Cc1nc2ccccn2c1CN1CCc2nc(-c3ccco3)[nH]c(=O)c2C1. The van der Waals surface area contributed by atoms with E-state index in [1.807, 2.05) is 31.3 Å². The third-order valence-corrected chi connectivity index (χ3v) is 5.10. The molecule has 0 unspecified atom stereocenters. The molecule has 27 heavy (non-hydrogen) atoms. The van der Waals surface area contributed by atoms with Crippen LogP contribution >= 0.6 is 0 Å². The third kappa shape index (κ3) is 2.76. The first-order chi connectivity index (χ1) is 13.2. The van der Waals surface area contributed by atoms with Crippen molar-refractivity contribution in [2.45, 2.75) is 26.4 Å². The highest BCUT2D eigenvalue weighted by Crippen LogP contribution is 2.21. The first-order valence-electron chi connectivity index (χ1n) is 9.00. The van der Waals surface area contributed by atoms with Gasteiger partial charge in [0.05, 0.1) is 28.9 Å². The van der Waals surface area contributed by atoms with Crippen molar-refractivity contribution in [1.29, 1.82) is 0 Å². The summed E-state index contributed by atoms with van der Waals surface area (Å²) >= 11 is 0. The Morgan fingerprint density at radius 3 is 3.00 bits per heavy atom. The maximum Gasteiger partial charge on any atom is 0.256 e. The molecule has 1 N–H and O–H groups in total. The number of aromatic nitrogens is 4. The van der Waals surface area contributed by atoms with Gasteiger partial charge < -0.3 is 13.8 Å². The van der Waals surface area contributed by atoms with E-state index >= 15 is 0 Å². The number of hydrogen-bond donors (Lipinski definition) is 1. The summed E-state index contributed by atoms with van der Waals surface area (Å²) in [7, 11) is 0. The van der Waals surface area contributed by atoms with Crippen LogP contribution in [0.15, 0.2) is 52.0 Å². The largest absolute Gasteiger partial charge is 0.461 e. The van der Waals surface area contributed by atoms with Crippen LogP contribution in [0.25, 0.3) is 17.2 Å². The van der Waals surface area contributed by atoms with Gasteiger partial charge in [0.15, 0.2) is 11.6 Å². The second kappa shape index (κ2) is 6.21. The highest BCUT2D eigenvalue weighted by molar-refractivity contribution is 5.47. The highest BCUT2D eigenvalue weighted by atomic mass is 16.3. The molecule has 4 aromatic rings. The zero-order chi connectivity index (χ0) is 18.4. The Kier molecular flexibility index (Phi) is 3.68. The van der Waals surface area contributed by atoms with Gasteiger partial charge in [0.2, 0.25) is 0 Å². The highest BCUT2D eigenvalue weighted by Gasteiger charge is 2.23. The lowest BCUT2D eigenvalue weighted by Gasteiger charge is -2.27. The van der Waals surface area contributed by atoms with Crippen molar-refractivity contribution in [3.05, 3.63) is 75.8 Å². The van der Waals surface area contributed by atoms with Gasteiger partial charge in [-0.05, 0) is 31.2 Å². The molecule has 7 heteroatoms. The van der Waals surface area contributed by atoms with E-state index < -0.39 is 0 Å². The molecule has 0 fully saturated rings. The average Bonchev–Trinajstić information content (AvgIpc) is 3.31. The second-order valence-electron chi connectivity index (χ2n) is 6.85. The van der Waals surface area contributed by atoms with Crippen LogP contribution in [0.2, 0.25) is 0 Å². The van der Waals surface area contributed by atoms with Crippen LogP contribution in [0.1, 0.15) is 22.6 Å². The first-order valence-corrected chi connectivity index (χ1v) is 9.00. The fourth-order valence-electron chi connectivity index (χ4n) is 3.71. The normalized spacial score (nSPS) is 14.6. The molecule has 0 bridgehead atoms. The number of pyridine rings is 1. The van der Waals surface area contributed by atoms with Gasteiger partial charge in [0.1, 0.15) is 5.65 Å². The minimum atomic E-state index is -0.0917. The molecular weight excluding hydrogens is 342 g/mol. The molecule has 0 spiro atoms. The lowest BCUT2D eigenvalue weighted by molar-refractivity contribution is 0.238. The molecule has 5 rings (SSSR count). The van der Waals surface area contributed by atoms with E-state index in [1.165, 1.54) is 0 Å². The molecule has 7 nitrogen and oxygen atoms in total. The Balaban J connectivity index is 1.44. The Labute approximate surface area is 155 Å². The Bertz CT molecular complexity index is 1170. The zero-order valence-electron chi connectivity index (χ0n) is 15.0. The van der Waals surface area contributed by atoms with Crippen LogP contribution in [-0.4, -0.2) is 30.8 Å². The van der Waals surface area contributed by atoms with Crippen molar-refractivity contribution in [1.82, 2.24) is 24.3 Å². The lowest BCUT2D eigenvalue weighted by atomic mass is 10.1. The van der Waals surface area contributed by atoms with Gasteiger partial charge >= 0.3 is 0 Å². The van der Waals surface area contributed by atoms with Crippen LogP contribution in [0, 0.1) is 6.92 Å². The number of hydrogen-bond acceptors (Lipinski definition) is 5. The molecule has 0 amide bonds. The average molecular weight is 361 g/mol. The van der Waals surface area contributed by atoms with E-state index in [0.29, 0.717) is 18.1 Å². The summed E-state index contributed by atoms with van der Waals surface area (Å²) in [5.74, 6) is 1.08. The van der Waals surface area contributed by atoms with Crippen LogP contribution in [-0.2, 0) is 19.5 Å². The van der Waals surface area contributed by atoms with E-state index in [0.717, 1.165) is 47.8 Å². The Morgan fingerprint density at radius 1 is 1.22 bits per heavy atom. The minimum Gasteiger partial charge on any atom is -0.461 e. The zero-order valence-corrected chi connectivity index (χ0v) is 15.0. The number of aryl methyl sites for hydroxylation is 1. The molecule has 0 aliphatic carbocycles. The number of H-pyrrole nitrogens is 1. The smallest absolute Gasteiger partial charge is 0.256 e. The van der Waals surface area contributed by atoms with E-state index in [4.69, 9.17) is 4.42 Å². The summed E-state index contributed by atoms with van der Waals surface area (Å²) in [5, 5.41) is 0. The third-order valence-electron chi connectivity index (χ3n) is 5.10. The maximum absolute atomic E-state index is 12.6. The summed E-state index contributed by atoms with van der Waals surface area (Å²) < 4.78 is 7.48. The molecule has 136 valence electrons. The van der Waals surface area contributed by atoms with Gasteiger partial charge in [0.25, 0.3) is 5.56 Å². The molecule has 4 aromatic heterocycles. The maximum atomic E-state index is 12.6. The first kappa shape index (κ1) is 16.0. The molecule has 5 heterocycles. The number of nitrogens with zero attached hydrogens (tertiary/aromatic N) is 4. The molecule has 0 atom stereocenters. The van der Waals surface area contributed by atoms with Gasteiger partial charge in [-0.3, -0.25) is 9.69 Å². The number of aromatic amines is 1. The van der Waals surface area contributed by atoms with Crippen molar-refractivity contribution < 1.29 is 4.42 Å². The van der Waals surface area contributed by atoms with Crippen molar-refractivity contribution >= 4 is 5.65 Å². The van der Waals surface area contributed by atoms with Gasteiger partial charge in [0, 0.05) is 32.3 Å². The predicted octanol–water partition coefficient (Wildman–Crippen LogP) is 2.54. The van der Waals surface area contributed by atoms with Crippen molar-refractivity contribution in [3.8, 4) is 11.6 Å². The summed E-state index contributed by atoms with van der Waals surface area (Å²) in [6, 6.07) is 9.59. The van der Waals surface area contributed by atoms with Crippen LogP contribution in [0.5, 0.6) is 0 Å². The number of fused-ring (bicyclic) bond motifs is 2. The van der Waals surface area contributed by atoms with Crippen molar-refractivity contribution in [3.63, 3.8) is 0 Å². The molecule has 1 aliphatic rings. The lowest BCUT2D eigenvalue weighted by Crippen LogP contribution is -2.35. The number of furan rings is 1. The van der Waals surface area contributed by atoms with Crippen molar-refractivity contribution in [2.24, 2.45) is 0 Å². The number of nitrogens with one attached hydrogen (secondary N) is 1. The van der Waals surface area contributed by atoms with Gasteiger partial charge in [-0.15, -0.1) is 0 Å². The predicted molar refractivity (Wildman–Crippen MR) is 100 cm³/mol. The Morgan fingerprint density at radius 2 is 2.15 bits per heavy atom. The summed E-state index contributed by atoms with van der Waals surface area (Å²) in [6.45, 7) is 4.20. The molecule has 1 aliphatic heterocycles. The van der Waals surface area contributed by atoms with Crippen LogP contribution in [0.4, 0.5) is 0 Å². The fourth-order valence-corrected chi connectivity index (χ4v) is 3.71. The van der Waals surface area contributed by atoms with Crippen molar-refractivity contribution in [2.75, 3.05) is 6.54 Å². The fraction of sp³-hybridized carbons (Fsp3) is 0.250. The van der Waals surface area contributed by atoms with E-state index in [2.05, 4.69) is 24.3 Å². The molecular formula is C20H19N5O2. The Hall–Kier alpha value is -3.19. The molecule has 0 saturated heterocycles. The second-order valence-corrected chi connectivity index (χ2v) is 6.85. The summed E-state index contributed by atoms with van der Waals surface area (Å²) in [6.07, 6.45) is 4.35. The molecule has 0 saturated carbocycles. The quantitative estimate of drug-likeness (QED) is 0.607. The standard InChI is InChI=1S/C20H19N5O2/c1-13-16(25-8-3-2-6-18(25)21-13)12-24-9-7-15-14(11-24)20(26)23-19(22-15)17-5-4-10-27-17/h2-6,8,10H,7,9,11-12H2,1H3,(H,22,23,26). The van der Waals surface area contributed by atoms with Crippen LogP contribution < -0.4 is 5.56 Å². The number of imidazole rings is 1. The monoisotopic (exact) mass is 361 g/mol. The van der Waals surface area contributed by atoms with Gasteiger partial charge in [-0.1, -0.05) is 6.07 Å². The van der Waals surface area contributed by atoms with E-state index in [-0.39, 0.29) is 5.56 Å². The van der Waals surface area contributed by atoms with Gasteiger partial charge in [-0.25, -0.2) is 9.97 Å². The van der Waals surface area contributed by atoms with Gasteiger partial charge in [-0.2, -0.15) is 0 Å².